The molecule has 0 bridgehead atoms. The summed E-state index contributed by atoms with van der Waals surface area (Å²) in [5.74, 6) is 0.400. The Morgan fingerprint density at radius 3 is 2.84 bits per heavy atom. The number of fused-ring (bicyclic) bond motifs is 1. The average Bonchev–Trinajstić information content (AvgIpc) is 2.82. The van der Waals surface area contributed by atoms with Crippen molar-refractivity contribution >= 4 is 22.9 Å². The fraction of sp³-hybridized carbons (Fsp3) is 0. The van der Waals surface area contributed by atoms with Gasteiger partial charge in [-0.25, -0.2) is 9.50 Å². The molecule has 0 aliphatic carbocycles. The first-order chi connectivity index (χ1) is 9.15. The number of hydrogen-bond acceptors (Lipinski definition) is 4. The SMILES string of the molecule is O=[N+]([O-])c1cccn2nc(-c3cccc(Cl)c3)nc12. The van der Waals surface area contributed by atoms with Gasteiger partial charge in [0.25, 0.3) is 0 Å². The molecule has 3 rings (SSSR count). The number of benzene rings is 1. The highest BCUT2D eigenvalue weighted by molar-refractivity contribution is 6.30. The van der Waals surface area contributed by atoms with Crippen LogP contribution in [0.3, 0.4) is 0 Å². The van der Waals surface area contributed by atoms with Gasteiger partial charge in [0.1, 0.15) is 0 Å². The third kappa shape index (κ3) is 2.02. The third-order valence-electron chi connectivity index (χ3n) is 2.62. The van der Waals surface area contributed by atoms with E-state index in [1.165, 1.54) is 10.6 Å². The highest BCUT2D eigenvalue weighted by Crippen LogP contribution is 2.23. The Bertz CT molecular complexity index is 784. The summed E-state index contributed by atoms with van der Waals surface area (Å²) >= 11 is 5.90. The van der Waals surface area contributed by atoms with Crippen LogP contribution in [0, 0.1) is 10.1 Å². The van der Waals surface area contributed by atoms with Crippen LogP contribution in [0.2, 0.25) is 5.02 Å². The number of nitro groups is 1. The predicted octanol–water partition coefficient (Wildman–Crippen LogP) is 2.96. The number of pyridine rings is 1. The van der Waals surface area contributed by atoms with Gasteiger partial charge in [0, 0.05) is 22.8 Å². The van der Waals surface area contributed by atoms with E-state index in [2.05, 4.69) is 10.1 Å². The van der Waals surface area contributed by atoms with Crippen molar-refractivity contribution in [2.45, 2.75) is 0 Å². The number of hydrogen-bond donors (Lipinski definition) is 0. The van der Waals surface area contributed by atoms with Crippen LogP contribution in [0.4, 0.5) is 5.69 Å². The number of nitrogens with zero attached hydrogens (tertiary/aromatic N) is 4. The molecule has 6 nitrogen and oxygen atoms in total. The second-order valence-electron chi connectivity index (χ2n) is 3.86. The fourth-order valence-corrected chi connectivity index (χ4v) is 1.97. The minimum Gasteiger partial charge on any atom is -0.258 e. The minimum absolute atomic E-state index is 0.0803. The van der Waals surface area contributed by atoms with Gasteiger partial charge in [-0.1, -0.05) is 23.7 Å². The van der Waals surface area contributed by atoms with Crippen molar-refractivity contribution in [1.82, 2.24) is 14.6 Å². The van der Waals surface area contributed by atoms with Crippen LogP contribution in [0.15, 0.2) is 42.6 Å². The number of rotatable bonds is 2. The quantitative estimate of drug-likeness (QED) is 0.532. The van der Waals surface area contributed by atoms with Crippen LogP contribution in [0.5, 0.6) is 0 Å². The maximum Gasteiger partial charge on any atom is 0.313 e. The zero-order valence-electron chi connectivity index (χ0n) is 9.52. The first-order valence-electron chi connectivity index (χ1n) is 5.41. The molecule has 2 heterocycles. The van der Waals surface area contributed by atoms with Crippen molar-refractivity contribution in [3.63, 3.8) is 0 Å². The zero-order valence-corrected chi connectivity index (χ0v) is 10.3. The van der Waals surface area contributed by atoms with Gasteiger partial charge in [-0.3, -0.25) is 10.1 Å². The van der Waals surface area contributed by atoms with E-state index in [1.54, 1.807) is 36.5 Å². The topological polar surface area (TPSA) is 73.3 Å². The molecular weight excluding hydrogens is 268 g/mol. The summed E-state index contributed by atoms with van der Waals surface area (Å²) in [7, 11) is 0. The lowest BCUT2D eigenvalue weighted by Gasteiger charge is -1.94. The van der Waals surface area contributed by atoms with E-state index in [4.69, 9.17) is 11.6 Å². The fourth-order valence-electron chi connectivity index (χ4n) is 1.78. The van der Waals surface area contributed by atoms with Gasteiger partial charge in [-0.2, -0.15) is 0 Å². The Morgan fingerprint density at radius 2 is 2.11 bits per heavy atom. The lowest BCUT2D eigenvalue weighted by Crippen LogP contribution is -1.93. The van der Waals surface area contributed by atoms with Crippen LogP contribution in [0.1, 0.15) is 0 Å². The second kappa shape index (κ2) is 4.33. The monoisotopic (exact) mass is 274 g/mol. The van der Waals surface area contributed by atoms with Gasteiger partial charge < -0.3 is 0 Å². The Balaban J connectivity index is 2.22. The molecule has 0 unspecified atom stereocenters. The van der Waals surface area contributed by atoms with Crippen molar-refractivity contribution in [3.8, 4) is 11.4 Å². The maximum atomic E-state index is 10.9. The molecule has 0 amide bonds. The van der Waals surface area contributed by atoms with E-state index >= 15 is 0 Å². The Hall–Kier alpha value is -2.47. The summed E-state index contributed by atoms with van der Waals surface area (Å²) in [6.07, 6.45) is 1.61. The van der Waals surface area contributed by atoms with Crippen LogP contribution >= 0.6 is 11.6 Å². The van der Waals surface area contributed by atoms with Crippen LogP contribution in [-0.4, -0.2) is 19.5 Å². The van der Waals surface area contributed by atoms with Crippen LogP contribution in [-0.2, 0) is 0 Å². The molecule has 0 spiro atoms. The molecular formula is C12H7ClN4O2. The van der Waals surface area contributed by atoms with Crippen molar-refractivity contribution in [2.24, 2.45) is 0 Å². The average molecular weight is 275 g/mol. The molecule has 7 heteroatoms. The minimum atomic E-state index is -0.480. The number of aromatic nitrogens is 3. The molecule has 0 aliphatic rings. The predicted molar refractivity (Wildman–Crippen MR) is 70.1 cm³/mol. The highest BCUT2D eigenvalue weighted by atomic mass is 35.5. The summed E-state index contributed by atoms with van der Waals surface area (Å²) < 4.78 is 1.38. The van der Waals surface area contributed by atoms with Crippen molar-refractivity contribution in [3.05, 3.63) is 57.7 Å². The molecule has 0 saturated heterocycles. The normalized spacial score (nSPS) is 10.8. The summed E-state index contributed by atoms with van der Waals surface area (Å²) in [6, 6.07) is 9.98. The molecule has 2 aromatic heterocycles. The van der Waals surface area contributed by atoms with E-state index in [0.717, 1.165) is 0 Å². The van der Waals surface area contributed by atoms with Crippen molar-refractivity contribution in [1.29, 1.82) is 0 Å². The largest absolute Gasteiger partial charge is 0.313 e. The molecule has 0 N–H and O–H groups in total. The molecule has 3 aromatic rings. The third-order valence-corrected chi connectivity index (χ3v) is 2.86. The maximum absolute atomic E-state index is 10.9. The smallest absolute Gasteiger partial charge is 0.258 e. The number of halogens is 1. The van der Waals surface area contributed by atoms with Crippen molar-refractivity contribution < 1.29 is 4.92 Å². The van der Waals surface area contributed by atoms with Gasteiger partial charge in [0.2, 0.25) is 5.65 Å². The van der Waals surface area contributed by atoms with E-state index in [1.807, 2.05) is 0 Å². The molecule has 0 radical (unpaired) electrons. The van der Waals surface area contributed by atoms with Gasteiger partial charge in [-0.05, 0) is 18.2 Å². The highest BCUT2D eigenvalue weighted by Gasteiger charge is 2.16. The van der Waals surface area contributed by atoms with Gasteiger partial charge in [0.05, 0.1) is 4.92 Å². The Labute approximate surface area is 112 Å². The van der Waals surface area contributed by atoms with E-state index in [9.17, 15) is 10.1 Å². The van der Waals surface area contributed by atoms with Gasteiger partial charge in [-0.15, -0.1) is 5.10 Å². The summed E-state index contributed by atoms with van der Waals surface area (Å²) in [4.78, 5) is 14.6. The van der Waals surface area contributed by atoms with Crippen LogP contribution in [0.25, 0.3) is 17.0 Å². The first-order valence-corrected chi connectivity index (χ1v) is 5.79. The molecule has 1 aromatic carbocycles. The summed E-state index contributed by atoms with van der Waals surface area (Å²) in [5.41, 5.74) is 0.844. The van der Waals surface area contributed by atoms with Gasteiger partial charge in [0.15, 0.2) is 5.82 Å². The molecule has 0 aliphatic heterocycles. The Kier molecular flexibility index (Phi) is 2.64. The standard InChI is InChI=1S/C12H7ClN4O2/c13-9-4-1-3-8(7-9)11-14-12-10(17(18)19)5-2-6-16(12)15-11/h1-7H. The van der Waals surface area contributed by atoms with Crippen molar-refractivity contribution in [2.75, 3.05) is 0 Å². The summed E-state index contributed by atoms with van der Waals surface area (Å²) in [6.45, 7) is 0. The zero-order chi connectivity index (χ0) is 13.4. The lowest BCUT2D eigenvalue weighted by molar-refractivity contribution is -0.383. The molecule has 94 valence electrons. The van der Waals surface area contributed by atoms with E-state index < -0.39 is 4.92 Å². The van der Waals surface area contributed by atoms with Crippen LogP contribution < -0.4 is 0 Å². The molecule has 0 fully saturated rings. The van der Waals surface area contributed by atoms with E-state index in [-0.39, 0.29) is 11.3 Å². The van der Waals surface area contributed by atoms with E-state index in [0.29, 0.717) is 16.4 Å². The molecule has 19 heavy (non-hydrogen) atoms. The second-order valence-corrected chi connectivity index (χ2v) is 4.30. The lowest BCUT2D eigenvalue weighted by atomic mass is 10.2. The summed E-state index contributed by atoms with van der Waals surface area (Å²) in [5, 5.41) is 15.7. The molecule has 0 atom stereocenters. The Morgan fingerprint density at radius 1 is 1.26 bits per heavy atom. The van der Waals surface area contributed by atoms with Gasteiger partial charge >= 0.3 is 5.69 Å². The molecule has 0 saturated carbocycles. The first kappa shape index (κ1) is 11.6.